The minimum absolute atomic E-state index is 0.00689. The normalized spacial score (nSPS) is 31.8. The maximum atomic E-state index is 14.4. The molecule has 3 aliphatic heterocycles. The van der Waals surface area contributed by atoms with E-state index >= 15 is 0 Å². The highest BCUT2D eigenvalue weighted by Crippen LogP contribution is 2.61. The number of halogens is 1. The van der Waals surface area contributed by atoms with Gasteiger partial charge in [-0.15, -0.1) is 0 Å². The summed E-state index contributed by atoms with van der Waals surface area (Å²) in [7, 11) is -3.90. The van der Waals surface area contributed by atoms with Gasteiger partial charge in [0.1, 0.15) is 35.1 Å². The Morgan fingerprint density at radius 3 is 2.48 bits per heavy atom. The van der Waals surface area contributed by atoms with Crippen molar-refractivity contribution in [3.63, 3.8) is 0 Å². The number of rotatable bonds is 5. The first-order valence-corrected chi connectivity index (χ1v) is 20.0. The molecule has 0 spiro atoms. The Labute approximate surface area is 302 Å². The molecule has 2 saturated heterocycles. The quantitative estimate of drug-likeness (QED) is 0.408. The van der Waals surface area contributed by atoms with E-state index in [0.717, 1.165) is 25.7 Å². The van der Waals surface area contributed by atoms with E-state index in [2.05, 4.69) is 15.4 Å². The van der Waals surface area contributed by atoms with Crippen molar-refractivity contribution in [2.45, 2.75) is 133 Å². The van der Waals surface area contributed by atoms with Gasteiger partial charge in [-0.2, -0.15) is 0 Å². The van der Waals surface area contributed by atoms with Crippen LogP contribution in [0.2, 0.25) is 0 Å². The third-order valence-corrected chi connectivity index (χ3v) is 13.1. The van der Waals surface area contributed by atoms with Gasteiger partial charge >= 0.3 is 12.2 Å². The molecule has 6 aliphatic rings. The molecule has 0 aromatic heterocycles. The van der Waals surface area contributed by atoms with Crippen molar-refractivity contribution in [2.75, 3.05) is 6.54 Å². The lowest BCUT2D eigenvalue weighted by molar-refractivity contribution is -0.141. The molecular formula is C36H48FN5O9S. The summed E-state index contributed by atoms with van der Waals surface area (Å²) >= 11 is 0. The van der Waals surface area contributed by atoms with Crippen LogP contribution in [0, 0.1) is 23.6 Å². The molecule has 0 bridgehead atoms. The highest BCUT2D eigenvalue weighted by Gasteiger charge is 2.69. The molecule has 284 valence electrons. The van der Waals surface area contributed by atoms with Crippen molar-refractivity contribution in [1.82, 2.24) is 25.2 Å². The van der Waals surface area contributed by atoms with Gasteiger partial charge in [-0.3, -0.25) is 24.0 Å². The average molecular weight is 746 g/mol. The van der Waals surface area contributed by atoms with Gasteiger partial charge in [0.25, 0.3) is 5.91 Å². The molecule has 14 nitrogen and oxygen atoms in total. The minimum atomic E-state index is -3.90. The van der Waals surface area contributed by atoms with Gasteiger partial charge in [-0.05, 0) is 82.3 Å². The van der Waals surface area contributed by atoms with Gasteiger partial charge in [0.2, 0.25) is 21.8 Å². The van der Waals surface area contributed by atoms with Gasteiger partial charge in [-0.1, -0.05) is 37.8 Å². The third kappa shape index (κ3) is 7.58. The second-order valence-electron chi connectivity index (χ2n) is 16.4. The lowest BCUT2D eigenvalue weighted by Gasteiger charge is -2.30. The molecule has 7 rings (SSSR count). The fraction of sp³-hybridized carbons (Fsp3) is 0.694. The summed E-state index contributed by atoms with van der Waals surface area (Å²) in [5.74, 6) is -2.19. The summed E-state index contributed by atoms with van der Waals surface area (Å²) in [6.07, 6.45) is 2.99. The van der Waals surface area contributed by atoms with E-state index in [1.807, 2.05) is 0 Å². The molecule has 3 aliphatic carbocycles. The monoisotopic (exact) mass is 745 g/mol. The summed E-state index contributed by atoms with van der Waals surface area (Å²) in [5, 5.41) is 4.95. The molecule has 0 radical (unpaired) electrons. The number of hydrogen-bond donors (Lipinski definition) is 3. The van der Waals surface area contributed by atoms with E-state index in [4.69, 9.17) is 9.47 Å². The summed E-state index contributed by atoms with van der Waals surface area (Å²) in [6.45, 7) is 5.08. The molecule has 5 fully saturated rings. The number of nitrogens with one attached hydrogen (secondary N) is 3. The molecular weight excluding hydrogens is 697 g/mol. The lowest BCUT2D eigenvalue weighted by Crippen LogP contribution is -2.58. The Kier molecular flexibility index (Phi) is 9.43. The van der Waals surface area contributed by atoms with Crippen LogP contribution in [0.5, 0.6) is 0 Å². The van der Waals surface area contributed by atoms with Crippen LogP contribution in [0.3, 0.4) is 0 Å². The van der Waals surface area contributed by atoms with E-state index in [1.54, 1.807) is 32.9 Å². The second-order valence-corrected chi connectivity index (χ2v) is 18.4. The molecule has 3 heterocycles. The summed E-state index contributed by atoms with van der Waals surface area (Å²) in [6, 6.07) is 2.37. The SMILES string of the molecule is CC(C)(C)OC(=O)N[C@H]1CCCCC[C@@H]2C[C@@H]2C2CC2(C(=O)NS(=O)(=O)C2CC2)NC(=O)[C@@H]2C[C@@H](OC(=O)N3Cc4cccc(F)c4C3)CN2C1=O. The summed E-state index contributed by atoms with van der Waals surface area (Å²) in [4.78, 5) is 71.3. The molecule has 3 saturated carbocycles. The summed E-state index contributed by atoms with van der Waals surface area (Å²) < 4.78 is 53.7. The minimum Gasteiger partial charge on any atom is -0.444 e. The number of ether oxygens (including phenoxy) is 2. The molecule has 2 unspecified atom stereocenters. The van der Waals surface area contributed by atoms with Gasteiger partial charge in [0.05, 0.1) is 18.3 Å². The Hall–Kier alpha value is -3.95. The molecule has 7 atom stereocenters. The van der Waals surface area contributed by atoms with Crippen LogP contribution in [0.4, 0.5) is 14.0 Å². The standard InChI is InChI=1S/C36H48FN5O9S/c1-35(2,3)51-33(46)38-28-11-6-4-5-8-20-14-24(20)26-16-36(26,32(45)40-52(48,49)23-12-13-23)39-30(43)29-15-22(18-42(29)31(28)44)50-34(47)41-17-21-9-7-10-27(37)25(21)19-41/h7,9-10,20,22-24,26,28-29H,4-6,8,11-19H2,1-3H3,(H,38,46)(H,39,43)(H,40,45)/t20-,22-,24+,26?,28+,29+,36?/m1/s1. The number of sulfonamides is 1. The Morgan fingerprint density at radius 1 is 1.02 bits per heavy atom. The predicted molar refractivity (Wildman–Crippen MR) is 183 cm³/mol. The molecule has 52 heavy (non-hydrogen) atoms. The first-order valence-electron chi connectivity index (χ1n) is 18.4. The van der Waals surface area contributed by atoms with Crippen LogP contribution >= 0.6 is 0 Å². The molecule has 1 aromatic carbocycles. The number of fused-ring (bicyclic) bond motifs is 5. The van der Waals surface area contributed by atoms with Crippen LogP contribution in [-0.4, -0.2) is 89.2 Å². The lowest BCUT2D eigenvalue weighted by atomic mass is 10.0. The van der Waals surface area contributed by atoms with Crippen molar-refractivity contribution >= 4 is 39.9 Å². The number of benzene rings is 1. The van der Waals surface area contributed by atoms with Crippen LogP contribution in [0.1, 0.15) is 96.1 Å². The maximum Gasteiger partial charge on any atom is 0.410 e. The van der Waals surface area contributed by atoms with Gasteiger partial charge < -0.3 is 25.0 Å². The van der Waals surface area contributed by atoms with Gasteiger partial charge in [0.15, 0.2) is 0 Å². The molecule has 1 aromatic rings. The molecule has 5 amide bonds. The number of amides is 5. The van der Waals surface area contributed by atoms with Crippen LogP contribution < -0.4 is 15.4 Å². The smallest absolute Gasteiger partial charge is 0.410 e. The second kappa shape index (κ2) is 13.5. The van der Waals surface area contributed by atoms with E-state index in [9.17, 15) is 36.8 Å². The number of hydrogen-bond acceptors (Lipinski definition) is 9. The zero-order chi connectivity index (χ0) is 37.2. The number of carbonyl (C=O) groups is 5. The largest absolute Gasteiger partial charge is 0.444 e. The van der Waals surface area contributed by atoms with E-state index in [1.165, 1.54) is 15.9 Å². The van der Waals surface area contributed by atoms with Crippen molar-refractivity contribution < 1.29 is 46.3 Å². The Balaban J connectivity index is 1.14. The fourth-order valence-electron chi connectivity index (χ4n) is 8.29. The first kappa shape index (κ1) is 36.4. The molecule has 3 N–H and O–H groups in total. The Bertz CT molecular complexity index is 1760. The van der Waals surface area contributed by atoms with Crippen molar-refractivity contribution in [3.8, 4) is 0 Å². The molecule has 16 heteroatoms. The van der Waals surface area contributed by atoms with Crippen molar-refractivity contribution in [3.05, 3.63) is 35.1 Å². The Morgan fingerprint density at radius 2 is 1.77 bits per heavy atom. The number of carbonyl (C=O) groups excluding carboxylic acids is 5. The zero-order valence-corrected chi connectivity index (χ0v) is 30.6. The number of nitrogens with zero attached hydrogens (tertiary/aromatic N) is 2. The van der Waals surface area contributed by atoms with E-state index in [-0.39, 0.29) is 50.7 Å². The van der Waals surface area contributed by atoms with E-state index in [0.29, 0.717) is 36.3 Å². The van der Waals surface area contributed by atoms with Crippen LogP contribution in [0.15, 0.2) is 18.2 Å². The maximum absolute atomic E-state index is 14.4. The van der Waals surface area contributed by atoms with Crippen molar-refractivity contribution in [2.24, 2.45) is 17.8 Å². The number of alkyl carbamates (subject to hydrolysis) is 1. The zero-order valence-electron chi connectivity index (χ0n) is 29.8. The highest BCUT2D eigenvalue weighted by atomic mass is 32.2. The predicted octanol–water partition coefficient (Wildman–Crippen LogP) is 3.22. The van der Waals surface area contributed by atoms with Crippen molar-refractivity contribution in [1.29, 1.82) is 0 Å². The third-order valence-electron chi connectivity index (χ3n) is 11.3. The van der Waals surface area contributed by atoms with Gasteiger partial charge in [0, 0.05) is 18.5 Å². The summed E-state index contributed by atoms with van der Waals surface area (Å²) in [5.41, 5.74) is -1.23. The van der Waals surface area contributed by atoms with E-state index < -0.39 is 80.3 Å². The highest BCUT2D eigenvalue weighted by molar-refractivity contribution is 7.91. The van der Waals surface area contributed by atoms with Crippen LogP contribution in [-0.2, 0) is 47.0 Å². The van der Waals surface area contributed by atoms with Gasteiger partial charge in [-0.25, -0.2) is 22.4 Å². The first-order chi connectivity index (χ1) is 24.5. The topological polar surface area (TPSA) is 181 Å². The fourth-order valence-corrected chi connectivity index (χ4v) is 9.65. The van der Waals surface area contributed by atoms with Crippen LogP contribution in [0.25, 0.3) is 0 Å². The average Bonchev–Trinajstić information content (AvgIpc) is 4.00.